The van der Waals surface area contributed by atoms with Crippen LogP contribution in [0.25, 0.3) is 32.7 Å². The van der Waals surface area contributed by atoms with Gasteiger partial charge in [-0.3, -0.25) is 14.2 Å². The molecule has 5 nitrogen and oxygen atoms in total. The van der Waals surface area contributed by atoms with Crippen molar-refractivity contribution in [3.63, 3.8) is 0 Å². The predicted molar refractivity (Wildman–Crippen MR) is 166 cm³/mol. The molecule has 10 heteroatoms. The molecule has 0 aliphatic carbocycles. The van der Waals surface area contributed by atoms with E-state index >= 15 is 0 Å². The lowest BCUT2D eigenvalue weighted by molar-refractivity contribution is -0.137. The van der Waals surface area contributed by atoms with Crippen LogP contribution in [0, 0.1) is 13.8 Å². The fourth-order valence-electron chi connectivity index (χ4n) is 5.18. The van der Waals surface area contributed by atoms with Gasteiger partial charge in [-0.1, -0.05) is 66.4 Å². The van der Waals surface area contributed by atoms with Crippen LogP contribution >= 0.6 is 23.1 Å². The normalized spacial score (nSPS) is 11.7. The number of thiophene rings is 1. The van der Waals surface area contributed by atoms with Crippen LogP contribution < -0.4 is 5.56 Å². The number of halogens is 3. The lowest BCUT2D eigenvalue weighted by atomic mass is 10.1. The second kappa shape index (κ2) is 11.3. The molecule has 43 heavy (non-hydrogen) atoms. The minimum atomic E-state index is -4.48. The first kappa shape index (κ1) is 28.7. The number of Topliss-reactive ketones (excluding diaryl/α,β-unsaturated/α-hetero) is 1. The molecule has 216 valence electrons. The summed E-state index contributed by atoms with van der Waals surface area (Å²) in [7, 11) is 0. The zero-order valence-corrected chi connectivity index (χ0v) is 24.7. The van der Waals surface area contributed by atoms with Crippen LogP contribution in [0.5, 0.6) is 0 Å². The lowest BCUT2D eigenvalue weighted by Gasteiger charge is -2.13. The minimum Gasteiger partial charge on any atom is -0.318 e. The van der Waals surface area contributed by atoms with Gasteiger partial charge in [-0.2, -0.15) is 13.2 Å². The molecule has 0 bridgehead atoms. The summed E-state index contributed by atoms with van der Waals surface area (Å²) in [5, 5.41) is 2.82. The molecule has 0 N–H and O–H groups in total. The maximum Gasteiger partial charge on any atom is 0.416 e. The Morgan fingerprint density at radius 2 is 1.56 bits per heavy atom. The van der Waals surface area contributed by atoms with E-state index < -0.39 is 11.7 Å². The molecule has 0 saturated heterocycles. The lowest BCUT2D eigenvalue weighted by Crippen LogP contribution is -2.22. The molecule has 0 fully saturated rings. The number of nitrogens with zero attached hydrogens (tertiary/aromatic N) is 3. The number of carbonyl (C=O) groups is 1. The minimum absolute atomic E-state index is 0.0193. The molecular weight excluding hydrogens is 592 g/mol. The summed E-state index contributed by atoms with van der Waals surface area (Å²) >= 11 is 2.53. The largest absolute Gasteiger partial charge is 0.416 e. The Labute approximate surface area is 253 Å². The van der Waals surface area contributed by atoms with Crippen molar-refractivity contribution < 1.29 is 18.0 Å². The van der Waals surface area contributed by atoms with E-state index in [1.165, 1.54) is 22.0 Å². The van der Waals surface area contributed by atoms with Gasteiger partial charge in [0.1, 0.15) is 4.83 Å². The first-order chi connectivity index (χ1) is 20.6. The van der Waals surface area contributed by atoms with Crippen LogP contribution in [0.2, 0.25) is 0 Å². The topological polar surface area (TPSA) is 56.9 Å². The first-order valence-corrected chi connectivity index (χ1v) is 15.2. The smallest absolute Gasteiger partial charge is 0.318 e. The van der Waals surface area contributed by atoms with Gasteiger partial charge in [0.05, 0.1) is 22.4 Å². The average molecular weight is 616 g/mol. The van der Waals surface area contributed by atoms with Crippen molar-refractivity contribution in [3.8, 4) is 22.5 Å². The van der Waals surface area contributed by atoms with Gasteiger partial charge in [0.15, 0.2) is 10.9 Å². The molecule has 0 unspecified atom stereocenters. The van der Waals surface area contributed by atoms with Gasteiger partial charge in [-0.15, -0.1) is 11.3 Å². The van der Waals surface area contributed by atoms with Gasteiger partial charge in [0.2, 0.25) is 0 Å². The van der Waals surface area contributed by atoms with E-state index in [9.17, 15) is 22.8 Å². The van der Waals surface area contributed by atoms with Crippen molar-refractivity contribution in [1.29, 1.82) is 0 Å². The van der Waals surface area contributed by atoms with Crippen LogP contribution in [0.4, 0.5) is 13.2 Å². The average Bonchev–Trinajstić information content (AvgIpc) is 3.56. The molecule has 6 rings (SSSR count). The number of hydrogen-bond donors (Lipinski definition) is 0. The molecule has 0 amide bonds. The van der Waals surface area contributed by atoms with Crippen LogP contribution in [0.3, 0.4) is 0 Å². The number of thioether (sulfide) groups is 1. The molecular formula is C33H24F3N3O2S2. The second-order valence-corrected chi connectivity index (χ2v) is 11.7. The zero-order valence-electron chi connectivity index (χ0n) is 23.1. The first-order valence-electron chi connectivity index (χ1n) is 13.3. The molecule has 0 aliphatic heterocycles. The van der Waals surface area contributed by atoms with Gasteiger partial charge >= 0.3 is 6.18 Å². The van der Waals surface area contributed by atoms with E-state index in [1.54, 1.807) is 30.5 Å². The molecule has 3 aromatic carbocycles. The third-order valence-corrected chi connectivity index (χ3v) is 8.98. The SMILES string of the molecule is Cc1cc(C(=O)CSc2nc3scc(-c4ccccc4)c3c(=O)n2-c2ccccc2)c(C)n1-c1cccc(C(F)(F)F)c1. The van der Waals surface area contributed by atoms with E-state index in [0.29, 0.717) is 43.7 Å². The Balaban J connectivity index is 1.36. The van der Waals surface area contributed by atoms with Crippen molar-refractivity contribution in [1.82, 2.24) is 14.1 Å². The van der Waals surface area contributed by atoms with Crippen molar-refractivity contribution in [2.24, 2.45) is 0 Å². The van der Waals surface area contributed by atoms with E-state index in [2.05, 4.69) is 0 Å². The van der Waals surface area contributed by atoms with E-state index in [-0.39, 0.29) is 17.1 Å². The second-order valence-electron chi connectivity index (χ2n) is 9.95. The highest BCUT2D eigenvalue weighted by atomic mass is 32.2. The maximum absolute atomic E-state index is 14.0. The molecule has 0 saturated carbocycles. The Morgan fingerprint density at radius 3 is 2.26 bits per heavy atom. The van der Waals surface area contributed by atoms with Crippen molar-refractivity contribution in [2.75, 3.05) is 5.75 Å². The Bertz CT molecular complexity index is 2030. The fourth-order valence-corrected chi connectivity index (χ4v) is 7.06. The predicted octanol–water partition coefficient (Wildman–Crippen LogP) is 8.52. The summed E-state index contributed by atoms with van der Waals surface area (Å²) in [6, 6.07) is 25.5. The van der Waals surface area contributed by atoms with Crippen molar-refractivity contribution in [2.45, 2.75) is 25.2 Å². The number of rotatable bonds is 7. The van der Waals surface area contributed by atoms with E-state index in [0.717, 1.165) is 35.0 Å². The Morgan fingerprint density at radius 1 is 0.884 bits per heavy atom. The Kier molecular flexibility index (Phi) is 7.57. The van der Waals surface area contributed by atoms with E-state index in [4.69, 9.17) is 4.98 Å². The number of hydrogen-bond acceptors (Lipinski definition) is 5. The van der Waals surface area contributed by atoms with Crippen LogP contribution in [-0.2, 0) is 6.18 Å². The summed E-state index contributed by atoms with van der Waals surface area (Å²) in [6.07, 6.45) is -4.48. The monoisotopic (exact) mass is 615 g/mol. The Hall–Kier alpha value is -4.41. The number of aryl methyl sites for hydroxylation is 1. The summed E-state index contributed by atoms with van der Waals surface area (Å²) in [6.45, 7) is 3.47. The summed E-state index contributed by atoms with van der Waals surface area (Å²) < 4.78 is 43.2. The third kappa shape index (κ3) is 5.44. The fraction of sp³-hybridized carbons (Fsp3) is 0.121. The summed E-state index contributed by atoms with van der Waals surface area (Å²) in [5.74, 6) is -0.240. The number of ketones is 1. The maximum atomic E-state index is 14.0. The molecule has 0 atom stereocenters. The number of alkyl halides is 3. The zero-order chi connectivity index (χ0) is 30.3. The molecule has 3 aromatic heterocycles. The number of aromatic nitrogens is 3. The molecule has 0 aliphatic rings. The van der Waals surface area contributed by atoms with Crippen molar-refractivity contribution >= 4 is 39.1 Å². The summed E-state index contributed by atoms with van der Waals surface area (Å²) in [5.41, 5.74) is 3.27. The van der Waals surface area contributed by atoms with Gasteiger partial charge < -0.3 is 4.57 Å². The van der Waals surface area contributed by atoms with Gasteiger partial charge in [0, 0.05) is 33.6 Å². The van der Waals surface area contributed by atoms with Gasteiger partial charge in [0.25, 0.3) is 5.56 Å². The van der Waals surface area contributed by atoms with E-state index in [1.807, 2.05) is 66.0 Å². The summed E-state index contributed by atoms with van der Waals surface area (Å²) in [4.78, 5) is 33.0. The van der Waals surface area contributed by atoms with Crippen molar-refractivity contribution in [3.05, 3.63) is 129 Å². The molecule has 3 heterocycles. The van der Waals surface area contributed by atoms with Crippen LogP contribution in [-0.4, -0.2) is 25.7 Å². The van der Waals surface area contributed by atoms with Crippen LogP contribution in [0.15, 0.2) is 106 Å². The van der Waals surface area contributed by atoms with Crippen LogP contribution in [0.1, 0.15) is 27.3 Å². The highest BCUT2D eigenvalue weighted by molar-refractivity contribution is 7.99. The van der Waals surface area contributed by atoms with Gasteiger partial charge in [-0.05, 0) is 55.8 Å². The third-order valence-electron chi connectivity index (χ3n) is 7.17. The molecule has 0 spiro atoms. The molecule has 0 radical (unpaired) electrons. The number of fused-ring (bicyclic) bond motifs is 1. The number of benzene rings is 3. The molecule has 6 aromatic rings. The number of para-hydroxylation sites is 1. The number of carbonyl (C=O) groups excluding carboxylic acids is 1. The quantitative estimate of drug-likeness (QED) is 0.103. The van der Waals surface area contributed by atoms with Gasteiger partial charge in [-0.25, -0.2) is 4.98 Å². The highest BCUT2D eigenvalue weighted by Crippen LogP contribution is 2.34. The standard InChI is InChI=1S/C33H24F3N3O2S2/c1-20-16-26(21(2)38(20)25-15-9-12-23(17-25)33(34,35)36)28(40)19-43-32-37-30-29(27(18-42-30)22-10-5-3-6-11-22)31(41)39(32)24-13-7-4-8-14-24/h3-18H,19H2,1-2H3. The highest BCUT2D eigenvalue weighted by Gasteiger charge is 2.31.